The molecule has 0 spiro atoms. The van der Waals surface area contributed by atoms with Gasteiger partial charge in [-0.1, -0.05) is 36.4 Å². The van der Waals surface area contributed by atoms with Crippen LogP contribution in [0.1, 0.15) is 54.7 Å². The number of benzene rings is 3. The number of fused-ring (bicyclic) bond motifs is 3. The molecule has 248 valence electrons. The molecule has 0 bridgehead atoms. The third-order valence-corrected chi connectivity index (χ3v) is 10.7. The van der Waals surface area contributed by atoms with Crippen molar-refractivity contribution in [2.75, 3.05) is 37.7 Å². The first kappa shape index (κ1) is 30.7. The highest BCUT2D eigenvalue weighted by Crippen LogP contribution is 2.42. The Labute approximate surface area is 277 Å². The van der Waals surface area contributed by atoms with Crippen LogP contribution in [0.5, 0.6) is 11.8 Å². The second-order valence-electron chi connectivity index (χ2n) is 13.7. The van der Waals surface area contributed by atoms with Gasteiger partial charge in [-0.25, -0.2) is 13.6 Å². The first-order chi connectivity index (χ1) is 23.2. The van der Waals surface area contributed by atoms with E-state index in [1.54, 1.807) is 19.1 Å². The van der Waals surface area contributed by atoms with Crippen LogP contribution in [0.2, 0.25) is 0 Å². The highest BCUT2D eigenvalue weighted by Gasteiger charge is 2.49. The van der Waals surface area contributed by atoms with Crippen LogP contribution in [0.3, 0.4) is 0 Å². The second-order valence-corrected chi connectivity index (χ2v) is 13.7. The fourth-order valence-electron chi connectivity index (χ4n) is 8.43. The third kappa shape index (κ3) is 5.17. The van der Waals surface area contributed by atoms with E-state index in [-0.39, 0.29) is 46.4 Å². The lowest BCUT2D eigenvalue weighted by Gasteiger charge is -2.35. The number of hydrogen-bond acceptors (Lipinski definition) is 8. The van der Waals surface area contributed by atoms with Crippen molar-refractivity contribution in [3.05, 3.63) is 87.5 Å². The Morgan fingerprint density at radius 3 is 2.75 bits per heavy atom. The molecule has 0 saturated carbocycles. The van der Waals surface area contributed by atoms with E-state index in [4.69, 9.17) is 19.1 Å². The van der Waals surface area contributed by atoms with E-state index >= 15 is 4.39 Å². The number of ether oxygens (including phenoxy) is 1. The lowest BCUT2D eigenvalue weighted by molar-refractivity contribution is 0.107. The molecule has 1 N–H and O–H groups in total. The molecule has 10 heteroatoms. The molecule has 1 unspecified atom stereocenters. The molecule has 3 aliphatic rings. The molecular formula is C38H38F2N4O4. The topological polar surface area (TPSA) is 91.9 Å². The van der Waals surface area contributed by atoms with Gasteiger partial charge in [0.05, 0.1) is 11.1 Å². The average molecular weight is 653 g/mol. The van der Waals surface area contributed by atoms with E-state index < -0.39 is 23.2 Å². The van der Waals surface area contributed by atoms with Gasteiger partial charge in [-0.05, 0) is 80.8 Å². The molecule has 3 aliphatic heterocycles. The van der Waals surface area contributed by atoms with Gasteiger partial charge in [0.25, 0.3) is 0 Å². The predicted octanol–water partition coefficient (Wildman–Crippen LogP) is 7.20. The minimum Gasteiger partial charge on any atom is -0.508 e. The molecule has 0 radical (unpaired) electrons. The number of aromatic hydroxyl groups is 1. The summed E-state index contributed by atoms with van der Waals surface area (Å²) in [6.07, 6.45) is 3.21. The Kier molecular flexibility index (Phi) is 7.58. The maximum atomic E-state index is 15.3. The van der Waals surface area contributed by atoms with Gasteiger partial charge in [-0.15, -0.1) is 0 Å². The van der Waals surface area contributed by atoms with Gasteiger partial charge in [-0.3, -0.25) is 4.90 Å². The number of rotatable bonds is 6. The first-order valence-electron chi connectivity index (χ1n) is 16.8. The number of halogens is 2. The lowest BCUT2D eigenvalue weighted by atomic mass is 9.88. The summed E-state index contributed by atoms with van der Waals surface area (Å²) in [5.41, 5.74) is 2.49. The maximum Gasteiger partial charge on any atom is 0.349 e. The van der Waals surface area contributed by atoms with E-state index in [1.807, 2.05) is 6.07 Å². The zero-order valence-electron chi connectivity index (χ0n) is 27.1. The van der Waals surface area contributed by atoms with Gasteiger partial charge in [0, 0.05) is 48.5 Å². The van der Waals surface area contributed by atoms with Crippen LogP contribution in [-0.4, -0.2) is 64.5 Å². The third-order valence-electron chi connectivity index (χ3n) is 10.7. The molecule has 5 heterocycles. The predicted molar refractivity (Wildman–Crippen MR) is 181 cm³/mol. The van der Waals surface area contributed by atoms with E-state index in [1.165, 1.54) is 29.3 Å². The van der Waals surface area contributed by atoms with Gasteiger partial charge in [0.1, 0.15) is 35.5 Å². The quantitative estimate of drug-likeness (QED) is 0.206. The van der Waals surface area contributed by atoms with Crippen molar-refractivity contribution in [3.63, 3.8) is 0 Å². The van der Waals surface area contributed by atoms with Crippen LogP contribution in [0.4, 0.5) is 14.6 Å². The number of aryl methyl sites for hydroxylation is 2. The second kappa shape index (κ2) is 11.8. The standard InChI is InChI=1S/C38H38F2N4O4/c1-22-8-3-4-11-28(22)25-10-6-14-43(19-25)35-32-33(41-37(42-35)47-21-38-13-7-15-44(38)20-26(39)18-38)23(2)34(48-36(32)46)29-17-27(45)16-24-9-5-12-30(40)31(24)29/h3-5,8-9,11-12,16-17,25-26,45H,6-7,10,13-15,18-21H2,1-2H3/t25?,26-,38+/m1/s1. The summed E-state index contributed by atoms with van der Waals surface area (Å²) in [5, 5.41) is 11.5. The molecule has 3 aromatic carbocycles. The number of phenolic OH excluding ortho intramolecular Hbond substituents is 1. The van der Waals surface area contributed by atoms with Gasteiger partial charge >= 0.3 is 11.6 Å². The van der Waals surface area contributed by atoms with Crippen LogP contribution in [0.15, 0.2) is 63.8 Å². The fourth-order valence-corrected chi connectivity index (χ4v) is 8.43. The number of phenols is 1. The molecule has 0 amide bonds. The molecular weight excluding hydrogens is 614 g/mol. The minimum atomic E-state index is -0.902. The van der Waals surface area contributed by atoms with Crippen LogP contribution < -0.4 is 15.3 Å². The molecule has 8 rings (SSSR count). The number of alkyl halides is 1. The number of piperidine rings is 1. The summed E-state index contributed by atoms with van der Waals surface area (Å²) < 4.78 is 42.2. The van der Waals surface area contributed by atoms with Crippen molar-refractivity contribution >= 4 is 27.5 Å². The molecule has 2 aromatic heterocycles. The molecule has 5 aromatic rings. The minimum absolute atomic E-state index is 0.0867. The normalized spacial score (nSPS) is 22.9. The largest absolute Gasteiger partial charge is 0.508 e. The van der Waals surface area contributed by atoms with Gasteiger partial charge in [0.15, 0.2) is 5.82 Å². The fraction of sp³-hybridized carbons (Fsp3) is 0.395. The summed E-state index contributed by atoms with van der Waals surface area (Å²) in [6.45, 7) is 6.67. The van der Waals surface area contributed by atoms with E-state index in [2.05, 4.69) is 34.9 Å². The summed E-state index contributed by atoms with van der Waals surface area (Å²) in [6, 6.07) is 15.9. The highest BCUT2D eigenvalue weighted by molar-refractivity contribution is 6.00. The number of anilines is 1. The molecule has 0 aliphatic carbocycles. The Morgan fingerprint density at radius 1 is 1.04 bits per heavy atom. The Bertz CT molecular complexity index is 2120. The SMILES string of the molecule is Cc1ccccc1C1CCCN(c2nc(OC[C@@]34CCCN3C[C@H](F)C4)nc3c(C)c(-c4cc(O)cc5cccc(F)c45)oc(=O)c23)C1. The molecule has 8 nitrogen and oxygen atoms in total. The Morgan fingerprint density at radius 2 is 1.90 bits per heavy atom. The van der Waals surface area contributed by atoms with E-state index in [0.29, 0.717) is 48.3 Å². The smallest absolute Gasteiger partial charge is 0.349 e. The zero-order valence-corrected chi connectivity index (χ0v) is 27.1. The van der Waals surface area contributed by atoms with Gasteiger partial charge in [0.2, 0.25) is 0 Å². The molecule has 48 heavy (non-hydrogen) atoms. The van der Waals surface area contributed by atoms with Crippen LogP contribution >= 0.6 is 0 Å². The number of hydrogen-bond donors (Lipinski definition) is 1. The van der Waals surface area contributed by atoms with Gasteiger partial charge in [-0.2, -0.15) is 9.97 Å². The Balaban J connectivity index is 1.28. The Hall–Kier alpha value is -4.57. The van der Waals surface area contributed by atoms with Crippen LogP contribution in [0.25, 0.3) is 33.0 Å². The molecule has 3 saturated heterocycles. The van der Waals surface area contributed by atoms with Crippen molar-refractivity contribution in [1.82, 2.24) is 14.9 Å². The van der Waals surface area contributed by atoms with Crippen LogP contribution in [0, 0.1) is 19.7 Å². The highest BCUT2D eigenvalue weighted by atomic mass is 19.1. The first-order valence-corrected chi connectivity index (χ1v) is 16.8. The molecule has 3 atom stereocenters. The van der Waals surface area contributed by atoms with Gasteiger partial charge < -0.3 is 19.2 Å². The van der Waals surface area contributed by atoms with Crippen molar-refractivity contribution < 1.29 is 23.0 Å². The van der Waals surface area contributed by atoms with Crippen LogP contribution in [-0.2, 0) is 0 Å². The number of aromatic nitrogens is 2. The molecule has 3 fully saturated rings. The monoisotopic (exact) mass is 652 g/mol. The summed E-state index contributed by atoms with van der Waals surface area (Å²) in [4.78, 5) is 28.0. The lowest BCUT2D eigenvalue weighted by Crippen LogP contribution is -2.43. The zero-order chi connectivity index (χ0) is 33.2. The van der Waals surface area contributed by atoms with Crippen molar-refractivity contribution in [1.29, 1.82) is 0 Å². The summed E-state index contributed by atoms with van der Waals surface area (Å²) in [7, 11) is 0. The average Bonchev–Trinajstić information content (AvgIpc) is 3.60. The maximum absolute atomic E-state index is 15.3. The van der Waals surface area contributed by atoms with Crippen molar-refractivity contribution in [2.24, 2.45) is 0 Å². The summed E-state index contributed by atoms with van der Waals surface area (Å²) >= 11 is 0. The summed E-state index contributed by atoms with van der Waals surface area (Å²) in [5.74, 6) is 0.183. The van der Waals surface area contributed by atoms with Crippen molar-refractivity contribution in [2.45, 2.75) is 63.6 Å². The van der Waals surface area contributed by atoms with E-state index in [0.717, 1.165) is 32.2 Å². The van der Waals surface area contributed by atoms with E-state index in [9.17, 15) is 14.3 Å². The van der Waals surface area contributed by atoms with Crippen molar-refractivity contribution in [3.8, 4) is 23.1 Å². The number of nitrogens with zero attached hydrogens (tertiary/aromatic N) is 4.